The van der Waals surface area contributed by atoms with Crippen molar-refractivity contribution in [2.45, 2.75) is 559 Å². The zero-order valence-corrected chi connectivity index (χ0v) is 84.7. The van der Waals surface area contributed by atoms with Gasteiger partial charge < -0.3 is 72.2 Å². The molecule has 3 rings (SSSR count). The van der Waals surface area contributed by atoms with E-state index < -0.39 is 36.2 Å². The molecule has 3 aliphatic rings. The quantitative estimate of drug-likeness (QED) is 0.0167. The summed E-state index contributed by atoms with van der Waals surface area (Å²) in [6.07, 6.45) is 69.1. The molecule has 0 bridgehead atoms. The normalized spacial score (nSPS) is 17.2. The Labute approximate surface area is 800 Å². The number of aliphatic hydroxyl groups excluding tert-OH is 3. The summed E-state index contributed by atoms with van der Waals surface area (Å²) in [7, 11) is 0. The monoisotopic (exact) mass is 1870 g/mol. The topological polar surface area (TPSA) is 335 Å². The second-order valence-electron chi connectivity index (χ2n) is 37.0. The summed E-state index contributed by atoms with van der Waals surface area (Å²) in [4.78, 5) is 112. The maximum Gasteiger partial charge on any atom is 0.306 e. The Hall–Kier alpha value is -5.79. The molecule has 0 radical (unpaired) electrons. The zero-order chi connectivity index (χ0) is 96.8. The molecule has 0 aromatic carbocycles. The first-order valence-corrected chi connectivity index (χ1v) is 53.6. The van der Waals surface area contributed by atoms with Gasteiger partial charge in [-0.25, -0.2) is 0 Å². The number of allylic oxidation sites excluding steroid dienone is 6. The highest BCUT2D eigenvalue weighted by molar-refractivity contribution is 5.73. The molecule has 0 amide bonds. The molecule has 768 valence electrons. The molecule has 0 aliphatic carbocycles. The zero-order valence-electron chi connectivity index (χ0n) is 84.7. The molecule has 3 saturated heterocycles. The largest absolute Gasteiger partial charge is 0.462 e. The van der Waals surface area contributed by atoms with Crippen molar-refractivity contribution in [3.63, 3.8) is 0 Å². The highest BCUT2D eigenvalue weighted by Gasteiger charge is 2.39. The van der Waals surface area contributed by atoms with Crippen LogP contribution in [0.15, 0.2) is 36.5 Å². The van der Waals surface area contributed by atoms with Crippen LogP contribution in [0.1, 0.15) is 486 Å². The van der Waals surface area contributed by atoms with Gasteiger partial charge in [0.25, 0.3) is 0 Å². The predicted molar refractivity (Wildman–Crippen MR) is 523 cm³/mol. The number of rotatable bonds is 90. The Morgan fingerprint density at radius 3 is 0.614 bits per heavy atom. The van der Waals surface area contributed by atoms with Crippen molar-refractivity contribution in [1.29, 1.82) is 0 Å². The van der Waals surface area contributed by atoms with E-state index in [0.717, 1.165) is 347 Å². The third kappa shape index (κ3) is 80.3. The number of hydrogen-bond acceptors (Lipinski definition) is 24. The van der Waals surface area contributed by atoms with Crippen LogP contribution in [0.5, 0.6) is 0 Å². The van der Waals surface area contributed by atoms with E-state index in [2.05, 4.69) is 98.8 Å². The van der Waals surface area contributed by atoms with Gasteiger partial charge in [-0.1, -0.05) is 272 Å². The molecule has 9 unspecified atom stereocenters. The Morgan fingerprint density at radius 2 is 0.402 bits per heavy atom. The Kier molecular flexibility index (Phi) is 83.9. The van der Waals surface area contributed by atoms with Gasteiger partial charge in [0.15, 0.2) is 18.3 Å². The molecule has 0 spiro atoms. The first-order chi connectivity index (χ1) is 64.2. The molecule has 3 aliphatic heterocycles. The van der Waals surface area contributed by atoms with Crippen LogP contribution >= 0.6 is 0 Å². The lowest BCUT2D eigenvalue weighted by atomic mass is 10.0. The standard InChI is InChI=1S/C36H62O9.C36H68O9.C36H62O6/c1-4-16-28-31(43-28)19-10-7-13-22-34(37)40-25-27(42-36(39)24-15-9-12-21-33-30(45-33)18-6-3)26-41-35(38)23-14-8-11-20-32-29(44-32)17-5-2;1-4-7-19-30(37)22-13-10-16-25-34(40)43-28-33(45-36(42)27-18-12-15-24-32(39)21-9-6-3)29-44-35(41)26-17-11-14-23-31(38)20-8-5-2;1-4-7-10-13-16-19-22-25-28-34(37)40-31-33(42-36(39)30-27-24-21-18-15-12-9-6-3)32-41-35(38)29-26-23-20-17-14-11-8-5-2/h27-33H,4-26H2,1-3H3;30-33,37-39H,4-29H2,1-3H3;10-15,33H,4-9,16-32H2,1-3H3/b;;13-10-,14-11-,15-12-. The maximum atomic E-state index is 12.6. The fraction of sp³-hybridized carbons (Fsp3) is 0.861. The fourth-order valence-corrected chi connectivity index (χ4v) is 15.5. The van der Waals surface area contributed by atoms with Crippen LogP contribution in [0.25, 0.3) is 0 Å². The molecule has 0 saturated carbocycles. The Bertz CT molecular complexity index is 2690. The third-order valence-corrected chi connectivity index (χ3v) is 23.9. The molecule has 0 aromatic rings. The summed E-state index contributed by atoms with van der Waals surface area (Å²) in [5.74, 6) is -3.18. The van der Waals surface area contributed by atoms with Crippen molar-refractivity contribution >= 4 is 53.7 Å². The Morgan fingerprint density at radius 1 is 0.212 bits per heavy atom. The van der Waals surface area contributed by atoms with E-state index in [1.165, 1.54) is 0 Å². The smallest absolute Gasteiger partial charge is 0.306 e. The van der Waals surface area contributed by atoms with Gasteiger partial charge in [-0.3, -0.25) is 43.2 Å². The van der Waals surface area contributed by atoms with Crippen molar-refractivity contribution in [2.24, 2.45) is 0 Å². The maximum absolute atomic E-state index is 12.6. The van der Waals surface area contributed by atoms with Crippen molar-refractivity contribution in [3.8, 4) is 0 Å². The lowest BCUT2D eigenvalue weighted by molar-refractivity contribution is -0.167. The molecule has 3 N–H and O–H groups in total. The van der Waals surface area contributed by atoms with Gasteiger partial charge in [0.2, 0.25) is 0 Å². The van der Waals surface area contributed by atoms with Gasteiger partial charge in [-0.15, -0.1) is 0 Å². The second kappa shape index (κ2) is 89.1. The summed E-state index contributed by atoms with van der Waals surface area (Å²) in [6.45, 7) is 18.6. The molecular weight excluding hydrogens is 1680 g/mol. The summed E-state index contributed by atoms with van der Waals surface area (Å²) in [5, 5.41) is 29.9. The predicted octanol–water partition coefficient (Wildman–Crippen LogP) is 24.9. The van der Waals surface area contributed by atoms with Gasteiger partial charge in [0.05, 0.1) is 54.9 Å². The van der Waals surface area contributed by atoms with E-state index in [1.54, 1.807) is 0 Å². The SMILES string of the molecule is CCC/C=C\CCCCCC(=O)OCC(COC(=O)CCCCC/C=C\CCC)OC(=O)CCCCC/C=C\CCC.CCCC1OC1CCCCCC(=O)OCC(COC(=O)CCCCCC1OC1CCC)OC(=O)CCCCCC1OC1CCC.CCCCC(O)CCCCCC(=O)OCC(COC(=O)CCCCCC(O)CCCC)OC(=O)CCCCCC(O)CCCC. The molecule has 24 nitrogen and oxygen atoms in total. The van der Waals surface area contributed by atoms with E-state index in [-0.39, 0.29) is 119 Å². The molecule has 24 heteroatoms. The number of unbranched alkanes of at least 4 members (excludes halogenated alkanes) is 27. The number of carbonyl (C=O) groups is 9. The minimum absolute atomic E-state index is 0.0933. The number of carbonyl (C=O) groups excluding carboxylic acids is 9. The number of hydrogen-bond donors (Lipinski definition) is 3. The molecular formula is C108H192O24. The highest BCUT2D eigenvalue weighted by Crippen LogP contribution is 2.34. The van der Waals surface area contributed by atoms with Crippen LogP contribution in [0.4, 0.5) is 0 Å². The molecule has 9 atom stereocenters. The molecule has 3 fully saturated rings. The van der Waals surface area contributed by atoms with Gasteiger partial charge in [-0.05, 0) is 193 Å². The number of epoxide rings is 3. The van der Waals surface area contributed by atoms with Crippen LogP contribution in [-0.4, -0.2) is 182 Å². The first kappa shape index (κ1) is 124. The average molecular weight is 1870 g/mol. The lowest BCUT2D eigenvalue weighted by Crippen LogP contribution is -2.30. The minimum Gasteiger partial charge on any atom is -0.462 e. The lowest BCUT2D eigenvalue weighted by Gasteiger charge is -2.18. The van der Waals surface area contributed by atoms with E-state index in [4.69, 9.17) is 56.8 Å². The highest BCUT2D eigenvalue weighted by atomic mass is 16.6. The van der Waals surface area contributed by atoms with E-state index >= 15 is 0 Å². The number of ether oxygens (including phenoxy) is 12. The summed E-state index contributed by atoms with van der Waals surface area (Å²) >= 11 is 0. The Balaban J connectivity index is 0.000000991. The molecule has 3 heterocycles. The van der Waals surface area contributed by atoms with E-state index in [0.29, 0.717) is 88.0 Å². The van der Waals surface area contributed by atoms with Gasteiger partial charge >= 0.3 is 53.7 Å². The van der Waals surface area contributed by atoms with Crippen LogP contribution in [0, 0.1) is 0 Å². The van der Waals surface area contributed by atoms with Crippen molar-refractivity contribution in [2.75, 3.05) is 39.6 Å². The third-order valence-electron chi connectivity index (χ3n) is 23.9. The summed E-state index contributed by atoms with van der Waals surface area (Å²) in [6, 6.07) is 0. The van der Waals surface area contributed by atoms with Crippen molar-refractivity contribution in [3.05, 3.63) is 36.5 Å². The van der Waals surface area contributed by atoms with Gasteiger partial charge in [0, 0.05) is 57.8 Å². The van der Waals surface area contributed by atoms with Crippen LogP contribution in [-0.2, 0) is 100.0 Å². The second-order valence-corrected chi connectivity index (χ2v) is 37.0. The van der Waals surface area contributed by atoms with Gasteiger partial charge in [0.1, 0.15) is 39.6 Å². The minimum atomic E-state index is -0.872. The van der Waals surface area contributed by atoms with E-state index in [1.807, 2.05) is 0 Å². The number of aliphatic hydroxyl groups is 3. The fourth-order valence-electron chi connectivity index (χ4n) is 15.5. The average Bonchev–Trinajstić information content (AvgIpc) is 1.72. The summed E-state index contributed by atoms with van der Waals surface area (Å²) in [5.41, 5.74) is 0. The van der Waals surface area contributed by atoms with Crippen LogP contribution < -0.4 is 0 Å². The van der Waals surface area contributed by atoms with Crippen LogP contribution in [0.2, 0.25) is 0 Å². The van der Waals surface area contributed by atoms with E-state index in [9.17, 15) is 58.5 Å². The van der Waals surface area contributed by atoms with Gasteiger partial charge in [-0.2, -0.15) is 0 Å². The first-order valence-electron chi connectivity index (χ1n) is 53.6. The van der Waals surface area contributed by atoms with Crippen molar-refractivity contribution in [1.82, 2.24) is 0 Å². The number of esters is 9. The van der Waals surface area contributed by atoms with Crippen LogP contribution in [0.3, 0.4) is 0 Å². The molecule has 0 aromatic heterocycles. The summed E-state index contributed by atoms with van der Waals surface area (Å²) < 4.78 is 66.1. The van der Waals surface area contributed by atoms with Crippen molar-refractivity contribution < 1.29 is 115 Å². The molecule has 132 heavy (non-hydrogen) atoms.